The van der Waals surface area contributed by atoms with Gasteiger partial charge in [0.1, 0.15) is 0 Å². The summed E-state index contributed by atoms with van der Waals surface area (Å²) in [5.41, 5.74) is 0.840. The van der Waals surface area contributed by atoms with E-state index in [1.54, 1.807) is 11.8 Å². The van der Waals surface area contributed by atoms with E-state index in [1.807, 2.05) is 48.5 Å². The number of halogens is 1. The van der Waals surface area contributed by atoms with Crippen LogP contribution in [-0.4, -0.2) is 24.7 Å². The van der Waals surface area contributed by atoms with Crippen molar-refractivity contribution in [3.63, 3.8) is 0 Å². The Labute approximate surface area is 162 Å². The van der Waals surface area contributed by atoms with Gasteiger partial charge >= 0.3 is 5.97 Å². The molecule has 0 saturated carbocycles. The predicted octanol–water partition coefficient (Wildman–Crippen LogP) is 4.73. The van der Waals surface area contributed by atoms with Crippen LogP contribution in [0.5, 0.6) is 0 Å². The van der Waals surface area contributed by atoms with Gasteiger partial charge < -0.3 is 15.4 Å². The number of carbonyl (C=O) groups is 1. The van der Waals surface area contributed by atoms with Crippen LogP contribution in [-0.2, 0) is 9.53 Å². The lowest BCUT2D eigenvalue weighted by atomic mass is 10.3. The first-order valence-corrected chi connectivity index (χ1v) is 9.33. The molecule has 2 N–H and O–H groups in total. The minimum Gasteiger partial charge on any atom is -0.469 e. The van der Waals surface area contributed by atoms with Gasteiger partial charge in [-0.05, 0) is 49.0 Å². The normalized spacial score (nSPS) is 10.2. The molecule has 25 heavy (non-hydrogen) atoms. The maximum absolute atomic E-state index is 11.1. The predicted molar refractivity (Wildman–Crippen MR) is 107 cm³/mol. The molecule has 0 amide bonds. The Kier molecular flexibility index (Phi) is 8.04. The molecule has 0 radical (unpaired) electrons. The number of carbonyl (C=O) groups excluding carboxylic acids is 1. The zero-order valence-corrected chi connectivity index (χ0v) is 16.1. The molecule has 0 atom stereocenters. The Morgan fingerprint density at radius 2 is 2.00 bits per heavy atom. The summed E-state index contributed by atoms with van der Waals surface area (Å²) >= 11 is 13.1. The SMILES string of the molecule is COC(=O)CCCNC(=S)Nc1cc(Cl)ccc1Sc1ccccc1. The molecule has 2 aromatic rings. The Morgan fingerprint density at radius 3 is 2.72 bits per heavy atom. The van der Waals surface area contributed by atoms with Crippen LogP contribution in [0.15, 0.2) is 58.3 Å². The highest BCUT2D eigenvalue weighted by molar-refractivity contribution is 7.99. The standard InChI is InChI=1S/C18H19ClN2O2S2/c1-23-17(22)8-5-11-20-18(24)21-15-12-13(19)9-10-16(15)25-14-6-3-2-4-7-14/h2-4,6-7,9-10,12H,5,8,11H2,1H3,(H2,20,21,24). The maximum atomic E-state index is 11.1. The molecule has 0 aliphatic heterocycles. The summed E-state index contributed by atoms with van der Waals surface area (Å²) < 4.78 is 4.61. The molecule has 2 aromatic carbocycles. The first kappa shape index (κ1) is 19.6. The van der Waals surface area contributed by atoms with Gasteiger partial charge in [-0.15, -0.1) is 0 Å². The summed E-state index contributed by atoms with van der Waals surface area (Å²) in [6.45, 7) is 0.586. The van der Waals surface area contributed by atoms with Gasteiger partial charge in [0.2, 0.25) is 0 Å². The molecule has 4 nitrogen and oxygen atoms in total. The monoisotopic (exact) mass is 394 g/mol. The second kappa shape index (κ2) is 10.3. The molecule has 0 aliphatic carbocycles. The molecule has 0 fully saturated rings. The van der Waals surface area contributed by atoms with E-state index in [9.17, 15) is 4.79 Å². The summed E-state index contributed by atoms with van der Waals surface area (Å²) in [6.07, 6.45) is 1.01. The number of hydrogen-bond acceptors (Lipinski definition) is 4. The smallest absolute Gasteiger partial charge is 0.305 e. The summed E-state index contributed by atoms with van der Waals surface area (Å²) in [6, 6.07) is 15.7. The van der Waals surface area contributed by atoms with Crippen LogP contribution in [0.25, 0.3) is 0 Å². The molecule has 0 saturated heterocycles. The minimum atomic E-state index is -0.225. The molecule has 0 heterocycles. The second-order valence-electron chi connectivity index (χ2n) is 5.12. The number of anilines is 1. The van der Waals surface area contributed by atoms with Crippen molar-refractivity contribution in [2.24, 2.45) is 0 Å². The van der Waals surface area contributed by atoms with Crippen molar-refractivity contribution in [3.05, 3.63) is 53.6 Å². The minimum absolute atomic E-state index is 0.225. The highest BCUT2D eigenvalue weighted by Crippen LogP contribution is 2.35. The average Bonchev–Trinajstić information content (AvgIpc) is 2.61. The largest absolute Gasteiger partial charge is 0.469 e. The van der Waals surface area contributed by atoms with Crippen LogP contribution in [0.4, 0.5) is 5.69 Å². The highest BCUT2D eigenvalue weighted by Gasteiger charge is 2.08. The van der Waals surface area contributed by atoms with Crippen LogP contribution in [0.3, 0.4) is 0 Å². The quantitative estimate of drug-likeness (QED) is 0.402. The first-order valence-electron chi connectivity index (χ1n) is 7.72. The lowest BCUT2D eigenvalue weighted by Crippen LogP contribution is -2.29. The number of benzene rings is 2. The molecule has 0 aromatic heterocycles. The van der Waals surface area contributed by atoms with Crippen LogP contribution in [0.1, 0.15) is 12.8 Å². The van der Waals surface area contributed by atoms with Crippen molar-refractivity contribution in [2.75, 3.05) is 19.0 Å². The van der Waals surface area contributed by atoms with Crippen LogP contribution in [0.2, 0.25) is 5.02 Å². The number of methoxy groups -OCH3 is 1. The number of ether oxygens (including phenoxy) is 1. The molecule has 7 heteroatoms. The Bertz CT molecular complexity index is 726. The Balaban J connectivity index is 1.95. The van der Waals surface area contributed by atoms with Gasteiger partial charge in [0.05, 0.1) is 12.8 Å². The van der Waals surface area contributed by atoms with E-state index in [0.29, 0.717) is 29.5 Å². The summed E-state index contributed by atoms with van der Waals surface area (Å²) in [4.78, 5) is 13.2. The third-order valence-electron chi connectivity index (χ3n) is 3.23. The average molecular weight is 395 g/mol. The van der Waals surface area contributed by atoms with Crippen molar-refractivity contribution in [2.45, 2.75) is 22.6 Å². The fourth-order valence-corrected chi connectivity index (χ4v) is 3.29. The molecule has 2 rings (SSSR count). The van der Waals surface area contributed by atoms with Gasteiger partial charge in [0.25, 0.3) is 0 Å². The summed E-state index contributed by atoms with van der Waals surface area (Å²) in [5, 5.41) is 7.37. The first-order chi connectivity index (χ1) is 12.1. The molecule has 132 valence electrons. The van der Waals surface area contributed by atoms with Crippen LogP contribution >= 0.6 is 35.6 Å². The van der Waals surface area contributed by atoms with Crippen molar-refractivity contribution in [1.82, 2.24) is 5.32 Å². The zero-order valence-electron chi connectivity index (χ0n) is 13.8. The fourth-order valence-electron chi connectivity index (χ4n) is 2.01. The van der Waals surface area contributed by atoms with E-state index in [0.717, 1.165) is 15.5 Å². The van der Waals surface area contributed by atoms with Gasteiger partial charge in [-0.25, -0.2) is 0 Å². The molecule has 0 unspecified atom stereocenters. The summed E-state index contributed by atoms with van der Waals surface area (Å²) in [5.74, 6) is -0.225. The van der Waals surface area contributed by atoms with Gasteiger partial charge in [-0.2, -0.15) is 0 Å². The second-order valence-corrected chi connectivity index (χ2v) is 7.08. The topological polar surface area (TPSA) is 50.4 Å². The van der Waals surface area contributed by atoms with E-state index < -0.39 is 0 Å². The van der Waals surface area contributed by atoms with E-state index in [4.69, 9.17) is 23.8 Å². The van der Waals surface area contributed by atoms with Crippen molar-refractivity contribution < 1.29 is 9.53 Å². The van der Waals surface area contributed by atoms with Crippen molar-refractivity contribution in [3.8, 4) is 0 Å². The van der Waals surface area contributed by atoms with Gasteiger partial charge in [0, 0.05) is 27.8 Å². The molecule has 0 aliphatic rings. The zero-order chi connectivity index (χ0) is 18.1. The molecule has 0 spiro atoms. The number of nitrogens with one attached hydrogen (secondary N) is 2. The lowest BCUT2D eigenvalue weighted by Gasteiger charge is -2.14. The third-order valence-corrected chi connectivity index (χ3v) is 4.80. The highest BCUT2D eigenvalue weighted by atomic mass is 35.5. The van der Waals surface area contributed by atoms with Gasteiger partial charge in [0.15, 0.2) is 5.11 Å². The van der Waals surface area contributed by atoms with E-state index in [1.165, 1.54) is 7.11 Å². The van der Waals surface area contributed by atoms with E-state index >= 15 is 0 Å². The van der Waals surface area contributed by atoms with Crippen molar-refractivity contribution in [1.29, 1.82) is 0 Å². The number of hydrogen-bond donors (Lipinski definition) is 2. The summed E-state index contributed by atoms with van der Waals surface area (Å²) in [7, 11) is 1.38. The number of esters is 1. The molecular formula is C18H19ClN2O2S2. The fraction of sp³-hybridized carbons (Fsp3) is 0.222. The maximum Gasteiger partial charge on any atom is 0.305 e. The van der Waals surface area contributed by atoms with E-state index in [-0.39, 0.29) is 5.97 Å². The van der Waals surface area contributed by atoms with Gasteiger partial charge in [-0.3, -0.25) is 4.79 Å². The van der Waals surface area contributed by atoms with Gasteiger partial charge in [-0.1, -0.05) is 41.6 Å². The Hall–Kier alpha value is -1.76. The van der Waals surface area contributed by atoms with Crippen molar-refractivity contribution >= 4 is 52.3 Å². The van der Waals surface area contributed by atoms with Crippen LogP contribution < -0.4 is 10.6 Å². The third kappa shape index (κ3) is 6.94. The number of thiocarbonyl (C=S) groups is 1. The lowest BCUT2D eigenvalue weighted by molar-refractivity contribution is -0.140. The Morgan fingerprint density at radius 1 is 1.24 bits per heavy atom. The van der Waals surface area contributed by atoms with E-state index in [2.05, 4.69) is 15.4 Å². The van der Waals surface area contributed by atoms with Crippen LogP contribution in [0, 0.1) is 0 Å². The number of rotatable bonds is 7. The molecule has 0 bridgehead atoms. The molecular weight excluding hydrogens is 376 g/mol.